The van der Waals surface area contributed by atoms with Crippen molar-refractivity contribution < 1.29 is 8.78 Å². The van der Waals surface area contributed by atoms with Crippen LogP contribution in [0, 0.1) is 11.6 Å². The van der Waals surface area contributed by atoms with E-state index in [0.29, 0.717) is 23.5 Å². The lowest BCUT2D eigenvalue weighted by atomic mass is 10.1. The van der Waals surface area contributed by atoms with E-state index in [-0.39, 0.29) is 11.3 Å². The first-order chi connectivity index (χ1) is 15.5. The van der Waals surface area contributed by atoms with Crippen LogP contribution in [-0.4, -0.2) is 44.8 Å². The van der Waals surface area contributed by atoms with Crippen LogP contribution in [0.25, 0.3) is 16.8 Å². The maximum Gasteiger partial charge on any atom is 0.229 e. The van der Waals surface area contributed by atoms with Crippen LogP contribution < -0.4 is 15.5 Å². The highest BCUT2D eigenvalue weighted by Crippen LogP contribution is 2.31. The summed E-state index contributed by atoms with van der Waals surface area (Å²) in [6, 6.07) is 9.72. The lowest BCUT2D eigenvalue weighted by molar-refractivity contribution is 0.425. The number of nitrogens with zero attached hydrogens (tertiary/aromatic N) is 5. The van der Waals surface area contributed by atoms with Crippen LogP contribution in [0.2, 0.25) is 0 Å². The Bertz CT molecular complexity index is 1250. The van der Waals surface area contributed by atoms with Gasteiger partial charge in [-0.25, -0.2) is 13.8 Å². The second-order valence-corrected chi connectivity index (χ2v) is 8.06. The zero-order chi connectivity index (χ0) is 22.2. The molecule has 0 saturated carbocycles. The van der Waals surface area contributed by atoms with Crippen LogP contribution >= 0.6 is 0 Å². The molecule has 4 heterocycles. The maximum atomic E-state index is 14.3. The minimum Gasteiger partial charge on any atom is -0.364 e. The molecule has 0 bridgehead atoms. The number of hydrogen-bond donors (Lipinski definition) is 2. The molecule has 32 heavy (non-hydrogen) atoms. The number of hydrogen-bond acceptors (Lipinski definition) is 6. The Balaban J connectivity index is 1.53. The molecule has 1 unspecified atom stereocenters. The standard InChI is InChI=1S/C23H23F2N7/c1-14-13-31(15(2)10-27-14)21-8-9-26-12-20(21)29-23-28-11-16-6-7-19(30-32(16)23)22-17(24)4-3-5-18(22)25/h3-9,11-12,14-15,27H,10,13H2,1-2H3,(H,28,29)/t14-,15?/m1/s1. The van der Waals surface area contributed by atoms with E-state index in [1.807, 2.05) is 6.07 Å². The van der Waals surface area contributed by atoms with E-state index in [0.717, 1.165) is 24.5 Å². The molecule has 0 amide bonds. The lowest BCUT2D eigenvalue weighted by Crippen LogP contribution is -2.54. The Morgan fingerprint density at radius 1 is 1.06 bits per heavy atom. The SMILES string of the molecule is CC1CN[C@H](C)CN1c1ccncc1Nc1ncc2ccc(-c3c(F)cccc3F)nn12. The third-order valence-corrected chi connectivity index (χ3v) is 5.72. The van der Waals surface area contributed by atoms with Gasteiger partial charge in [0.2, 0.25) is 5.95 Å². The fourth-order valence-electron chi connectivity index (χ4n) is 4.06. The Kier molecular flexibility index (Phi) is 5.18. The molecule has 1 aliphatic heterocycles. The molecule has 3 aromatic heterocycles. The zero-order valence-electron chi connectivity index (χ0n) is 17.8. The first-order valence-electron chi connectivity index (χ1n) is 10.5. The summed E-state index contributed by atoms with van der Waals surface area (Å²) >= 11 is 0. The highest BCUT2D eigenvalue weighted by atomic mass is 19.1. The first-order valence-corrected chi connectivity index (χ1v) is 10.5. The van der Waals surface area contributed by atoms with Crippen molar-refractivity contribution in [2.75, 3.05) is 23.3 Å². The number of imidazole rings is 1. The molecule has 1 saturated heterocycles. The minimum atomic E-state index is -0.664. The first kappa shape index (κ1) is 20.3. The molecule has 0 spiro atoms. The van der Waals surface area contributed by atoms with Crippen LogP contribution in [0.15, 0.2) is 55.0 Å². The summed E-state index contributed by atoms with van der Waals surface area (Å²) in [5.74, 6) is -0.894. The minimum absolute atomic E-state index is 0.167. The highest BCUT2D eigenvalue weighted by Gasteiger charge is 2.25. The Hall–Kier alpha value is -3.59. The fraction of sp³-hybridized carbons (Fsp3) is 0.261. The lowest BCUT2D eigenvalue weighted by Gasteiger charge is -2.40. The molecule has 0 radical (unpaired) electrons. The van der Waals surface area contributed by atoms with Crippen molar-refractivity contribution in [2.24, 2.45) is 0 Å². The van der Waals surface area contributed by atoms with Crippen molar-refractivity contribution in [1.82, 2.24) is 24.9 Å². The number of pyridine rings is 1. The second kappa shape index (κ2) is 8.16. The number of benzene rings is 1. The van der Waals surface area contributed by atoms with E-state index in [9.17, 15) is 8.78 Å². The van der Waals surface area contributed by atoms with Gasteiger partial charge in [0.15, 0.2) is 0 Å². The molecule has 5 rings (SSSR count). The molecule has 4 aromatic rings. The van der Waals surface area contributed by atoms with Gasteiger partial charge in [-0.15, -0.1) is 0 Å². The Labute approximate surface area is 184 Å². The fourth-order valence-corrected chi connectivity index (χ4v) is 4.06. The normalized spacial score (nSPS) is 18.8. The number of halogens is 2. The van der Waals surface area contributed by atoms with E-state index in [2.05, 4.69) is 44.4 Å². The summed E-state index contributed by atoms with van der Waals surface area (Å²) in [7, 11) is 0. The van der Waals surface area contributed by atoms with E-state index in [1.54, 1.807) is 35.2 Å². The van der Waals surface area contributed by atoms with Crippen molar-refractivity contribution in [3.8, 4) is 11.3 Å². The molecule has 0 aliphatic carbocycles. The van der Waals surface area contributed by atoms with Gasteiger partial charge in [0, 0.05) is 31.4 Å². The van der Waals surface area contributed by atoms with Crippen LogP contribution in [0.5, 0.6) is 0 Å². The monoisotopic (exact) mass is 435 g/mol. The van der Waals surface area contributed by atoms with Gasteiger partial charge in [-0.3, -0.25) is 4.98 Å². The van der Waals surface area contributed by atoms with Gasteiger partial charge in [0.25, 0.3) is 0 Å². The highest BCUT2D eigenvalue weighted by molar-refractivity contribution is 5.74. The molecule has 2 N–H and O–H groups in total. The van der Waals surface area contributed by atoms with Gasteiger partial charge < -0.3 is 15.5 Å². The number of aromatic nitrogens is 4. The maximum absolute atomic E-state index is 14.3. The predicted molar refractivity (Wildman–Crippen MR) is 120 cm³/mol. The Morgan fingerprint density at radius 3 is 2.69 bits per heavy atom. The summed E-state index contributed by atoms with van der Waals surface area (Å²) in [6.07, 6.45) is 5.17. The third kappa shape index (κ3) is 3.64. The quantitative estimate of drug-likeness (QED) is 0.505. The van der Waals surface area contributed by atoms with Gasteiger partial charge in [-0.1, -0.05) is 6.07 Å². The third-order valence-electron chi connectivity index (χ3n) is 5.72. The summed E-state index contributed by atoms with van der Waals surface area (Å²) in [5, 5.41) is 11.3. The number of anilines is 3. The van der Waals surface area contributed by atoms with Crippen molar-refractivity contribution >= 4 is 22.8 Å². The summed E-state index contributed by atoms with van der Waals surface area (Å²) in [5.41, 5.74) is 2.51. The number of fused-ring (bicyclic) bond motifs is 1. The van der Waals surface area contributed by atoms with Crippen molar-refractivity contribution in [3.05, 3.63) is 66.6 Å². The second-order valence-electron chi connectivity index (χ2n) is 8.06. The van der Waals surface area contributed by atoms with Gasteiger partial charge >= 0.3 is 0 Å². The molecule has 1 aliphatic rings. The van der Waals surface area contributed by atoms with Gasteiger partial charge in [-0.2, -0.15) is 9.61 Å². The van der Waals surface area contributed by atoms with Crippen LogP contribution in [0.3, 0.4) is 0 Å². The molecule has 1 aromatic carbocycles. The summed E-state index contributed by atoms with van der Waals surface area (Å²) in [6.45, 7) is 6.07. The summed E-state index contributed by atoms with van der Waals surface area (Å²) in [4.78, 5) is 11.0. The van der Waals surface area contributed by atoms with Crippen molar-refractivity contribution in [3.63, 3.8) is 0 Å². The molecule has 164 valence electrons. The van der Waals surface area contributed by atoms with E-state index in [1.165, 1.54) is 18.2 Å². The predicted octanol–water partition coefficient (Wildman–Crippen LogP) is 4.00. The molecule has 1 fully saturated rings. The van der Waals surface area contributed by atoms with Gasteiger partial charge in [0.05, 0.1) is 40.5 Å². The Morgan fingerprint density at radius 2 is 1.88 bits per heavy atom. The molecular formula is C23H23F2N7. The average molecular weight is 435 g/mol. The van der Waals surface area contributed by atoms with Crippen LogP contribution in [0.1, 0.15) is 13.8 Å². The molecular weight excluding hydrogens is 412 g/mol. The smallest absolute Gasteiger partial charge is 0.229 e. The number of nitrogens with one attached hydrogen (secondary N) is 2. The van der Waals surface area contributed by atoms with E-state index >= 15 is 0 Å². The van der Waals surface area contributed by atoms with Crippen molar-refractivity contribution in [2.45, 2.75) is 25.9 Å². The molecule has 9 heteroatoms. The topological polar surface area (TPSA) is 70.4 Å². The van der Waals surface area contributed by atoms with Crippen LogP contribution in [-0.2, 0) is 0 Å². The molecule has 2 atom stereocenters. The van der Waals surface area contributed by atoms with Crippen molar-refractivity contribution in [1.29, 1.82) is 0 Å². The largest absolute Gasteiger partial charge is 0.364 e. The van der Waals surface area contributed by atoms with E-state index in [4.69, 9.17) is 0 Å². The summed E-state index contributed by atoms with van der Waals surface area (Å²) < 4.78 is 30.1. The van der Waals surface area contributed by atoms with E-state index < -0.39 is 11.6 Å². The number of rotatable bonds is 4. The zero-order valence-corrected chi connectivity index (χ0v) is 17.8. The van der Waals surface area contributed by atoms with Crippen LogP contribution in [0.4, 0.5) is 26.1 Å². The van der Waals surface area contributed by atoms with Gasteiger partial charge in [0.1, 0.15) is 11.6 Å². The molecule has 7 nitrogen and oxygen atoms in total. The number of piperazine rings is 1. The van der Waals surface area contributed by atoms with Gasteiger partial charge in [-0.05, 0) is 44.2 Å². The average Bonchev–Trinajstić information content (AvgIpc) is 3.18.